The van der Waals surface area contributed by atoms with E-state index in [-0.39, 0.29) is 30.4 Å². The molecule has 116 valence electrons. The lowest BCUT2D eigenvalue weighted by molar-refractivity contribution is -0.140. The summed E-state index contributed by atoms with van der Waals surface area (Å²) in [6.45, 7) is 6.23. The molecular formula is C16H22FNO3. The van der Waals surface area contributed by atoms with Gasteiger partial charge in [0.1, 0.15) is 5.82 Å². The molecule has 0 fully saturated rings. The van der Waals surface area contributed by atoms with Crippen LogP contribution in [0.2, 0.25) is 0 Å². The first-order valence-electron chi connectivity index (χ1n) is 6.98. The predicted molar refractivity (Wildman–Crippen MR) is 78.5 cm³/mol. The van der Waals surface area contributed by atoms with Crippen molar-refractivity contribution in [1.82, 2.24) is 4.90 Å². The normalized spacial score (nSPS) is 10.6. The molecule has 0 aliphatic rings. The van der Waals surface area contributed by atoms with Gasteiger partial charge < -0.3 is 9.64 Å². The van der Waals surface area contributed by atoms with Crippen LogP contribution < -0.4 is 0 Å². The van der Waals surface area contributed by atoms with Crippen molar-refractivity contribution in [1.29, 1.82) is 0 Å². The number of aryl methyl sites for hydroxylation is 1. The Labute approximate surface area is 124 Å². The minimum Gasteiger partial charge on any atom is -0.469 e. The predicted octanol–water partition coefficient (Wildman–Crippen LogP) is 2.80. The molecule has 0 aliphatic heterocycles. The van der Waals surface area contributed by atoms with Gasteiger partial charge in [-0.3, -0.25) is 9.59 Å². The number of hydrogen-bond donors (Lipinski definition) is 0. The zero-order valence-electron chi connectivity index (χ0n) is 13.0. The number of methoxy groups -OCH3 is 1. The highest BCUT2D eigenvalue weighted by Gasteiger charge is 2.21. The van der Waals surface area contributed by atoms with Crippen LogP contribution in [-0.4, -0.2) is 37.0 Å². The second kappa shape index (κ2) is 7.76. The van der Waals surface area contributed by atoms with Crippen LogP contribution in [0.5, 0.6) is 0 Å². The van der Waals surface area contributed by atoms with Crippen LogP contribution in [0.3, 0.4) is 0 Å². The maximum Gasteiger partial charge on any atom is 0.307 e. The van der Waals surface area contributed by atoms with Crippen molar-refractivity contribution >= 4 is 11.9 Å². The molecule has 1 aromatic rings. The zero-order chi connectivity index (χ0) is 16.0. The zero-order valence-corrected chi connectivity index (χ0v) is 13.0. The van der Waals surface area contributed by atoms with Gasteiger partial charge >= 0.3 is 5.97 Å². The number of hydrogen-bond acceptors (Lipinski definition) is 3. The smallest absolute Gasteiger partial charge is 0.307 e. The SMILES string of the molecule is COC(=O)CCN(CC(C)C)C(=O)c1cccc(C)c1F. The lowest BCUT2D eigenvalue weighted by Gasteiger charge is -2.24. The summed E-state index contributed by atoms with van der Waals surface area (Å²) in [5.41, 5.74) is 0.471. The number of carbonyl (C=O) groups excluding carboxylic acids is 2. The summed E-state index contributed by atoms with van der Waals surface area (Å²) >= 11 is 0. The third-order valence-corrected chi connectivity index (χ3v) is 3.11. The average Bonchev–Trinajstić information content (AvgIpc) is 2.44. The fraction of sp³-hybridized carbons (Fsp3) is 0.500. The largest absolute Gasteiger partial charge is 0.469 e. The Hall–Kier alpha value is -1.91. The van der Waals surface area contributed by atoms with Crippen molar-refractivity contribution in [2.75, 3.05) is 20.2 Å². The highest BCUT2D eigenvalue weighted by molar-refractivity contribution is 5.95. The molecule has 0 saturated carbocycles. The van der Waals surface area contributed by atoms with E-state index in [2.05, 4.69) is 4.74 Å². The third-order valence-electron chi connectivity index (χ3n) is 3.11. The van der Waals surface area contributed by atoms with Crippen LogP contribution in [0.25, 0.3) is 0 Å². The highest BCUT2D eigenvalue weighted by Crippen LogP contribution is 2.15. The summed E-state index contributed by atoms with van der Waals surface area (Å²) in [6, 6.07) is 4.74. The second-order valence-corrected chi connectivity index (χ2v) is 5.41. The van der Waals surface area contributed by atoms with Crippen molar-refractivity contribution in [2.24, 2.45) is 5.92 Å². The molecule has 1 aromatic carbocycles. The van der Waals surface area contributed by atoms with Crippen LogP contribution >= 0.6 is 0 Å². The Morgan fingerprint density at radius 3 is 2.57 bits per heavy atom. The van der Waals surface area contributed by atoms with E-state index in [4.69, 9.17) is 0 Å². The summed E-state index contributed by atoms with van der Waals surface area (Å²) in [5, 5.41) is 0. The van der Waals surface area contributed by atoms with Crippen molar-refractivity contribution in [2.45, 2.75) is 27.2 Å². The minimum absolute atomic E-state index is 0.0421. The van der Waals surface area contributed by atoms with E-state index in [0.717, 1.165) is 0 Å². The van der Waals surface area contributed by atoms with E-state index in [1.807, 2.05) is 13.8 Å². The first kappa shape index (κ1) is 17.1. The average molecular weight is 295 g/mol. The van der Waals surface area contributed by atoms with Gasteiger partial charge in [-0.25, -0.2) is 4.39 Å². The molecule has 0 aliphatic carbocycles. The standard InChI is InChI=1S/C16H22FNO3/c1-11(2)10-18(9-8-14(19)21-4)16(20)13-7-5-6-12(3)15(13)17/h5-7,11H,8-10H2,1-4H3. The van der Waals surface area contributed by atoms with Crippen LogP contribution in [0.4, 0.5) is 4.39 Å². The molecule has 0 N–H and O–H groups in total. The monoisotopic (exact) mass is 295 g/mol. The van der Waals surface area contributed by atoms with Gasteiger partial charge in [0.2, 0.25) is 0 Å². The molecule has 0 unspecified atom stereocenters. The Kier molecular flexibility index (Phi) is 6.34. The van der Waals surface area contributed by atoms with Gasteiger partial charge in [0.05, 0.1) is 19.1 Å². The summed E-state index contributed by atoms with van der Waals surface area (Å²) < 4.78 is 18.7. The van der Waals surface area contributed by atoms with Crippen LogP contribution in [0.1, 0.15) is 36.2 Å². The van der Waals surface area contributed by atoms with E-state index in [1.54, 1.807) is 19.1 Å². The van der Waals surface area contributed by atoms with Crippen LogP contribution in [0, 0.1) is 18.7 Å². The van der Waals surface area contributed by atoms with Gasteiger partial charge in [0.15, 0.2) is 0 Å². The number of halogens is 1. The van der Waals surface area contributed by atoms with Gasteiger partial charge in [0, 0.05) is 13.1 Å². The molecule has 0 radical (unpaired) electrons. The molecular weight excluding hydrogens is 273 g/mol. The maximum absolute atomic E-state index is 14.1. The number of amides is 1. The number of rotatable bonds is 6. The molecule has 21 heavy (non-hydrogen) atoms. The fourth-order valence-corrected chi connectivity index (χ4v) is 2.03. The van der Waals surface area contributed by atoms with Gasteiger partial charge in [-0.1, -0.05) is 26.0 Å². The Bertz CT molecular complexity index is 514. The van der Waals surface area contributed by atoms with Gasteiger partial charge in [-0.15, -0.1) is 0 Å². The Morgan fingerprint density at radius 1 is 1.33 bits per heavy atom. The molecule has 0 heterocycles. The second-order valence-electron chi connectivity index (χ2n) is 5.41. The number of ether oxygens (including phenoxy) is 1. The quantitative estimate of drug-likeness (QED) is 0.758. The first-order chi connectivity index (χ1) is 9.86. The summed E-state index contributed by atoms with van der Waals surface area (Å²) in [6.07, 6.45) is 0.0996. The van der Waals surface area contributed by atoms with Gasteiger partial charge in [0.25, 0.3) is 5.91 Å². The van der Waals surface area contributed by atoms with E-state index >= 15 is 0 Å². The van der Waals surface area contributed by atoms with Crippen molar-refractivity contribution in [3.05, 3.63) is 35.1 Å². The molecule has 4 nitrogen and oxygen atoms in total. The van der Waals surface area contributed by atoms with E-state index in [0.29, 0.717) is 12.1 Å². The maximum atomic E-state index is 14.1. The van der Waals surface area contributed by atoms with Gasteiger partial charge in [-0.2, -0.15) is 0 Å². The molecule has 1 rings (SSSR count). The van der Waals surface area contributed by atoms with Crippen LogP contribution in [0.15, 0.2) is 18.2 Å². The van der Waals surface area contributed by atoms with E-state index in [9.17, 15) is 14.0 Å². The van der Waals surface area contributed by atoms with E-state index in [1.165, 1.54) is 18.1 Å². The fourth-order valence-electron chi connectivity index (χ4n) is 2.03. The lowest BCUT2D eigenvalue weighted by Crippen LogP contribution is -2.36. The first-order valence-corrected chi connectivity index (χ1v) is 6.98. The Balaban J connectivity index is 2.93. The summed E-state index contributed by atoms with van der Waals surface area (Å²) in [4.78, 5) is 25.2. The number of nitrogens with zero attached hydrogens (tertiary/aromatic N) is 1. The van der Waals surface area contributed by atoms with E-state index < -0.39 is 11.7 Å². The summed E-state index contributed by atoms with van der Waals surface area (Å²) in [7, 11) is 1.30. The number of esters is 1. The molecule has 0 aromatic heterocycles. The highest BCUT2D eigenvalue weighted by atomic mass is 19.1. The molecule has 0 spiro atoms. The van der Waals surface area contributed by atoms with Crippen molar-refractivity contribution < 1.29 is 18.7 Å². The Morgan fingerprint density at radius 2 is 2.00 bits per heavy atom. The molecule has 1 amide bonds. The molecule has 5 heteroatoms. The third kappa shape index (κ3) is 4.85. The number of benzene rings is 1. The molecule has 0 atom stereocenters. The molecule has 0 bridgehead atoms. The van der Waals surface area contributed by atoms with Crippen molar-refractivity contribution in [3.63, 3.8) is 0 Å². The number of carbonyl (C=O) groups is 2. The van der Waals surface area contributed by atoms with Crippen molar-refractivity contribution in [3.8, 4) is 0 Å². The topological polar surface area (TPSA) is 46.6 Å². The molecule has 0 saturated heterocycles. The summed E-state index contributed by atoms with van der Waals surface area (Å²) in [5.74, 6) is -1.07. The van der Waals surface area contributed by atoms with Crippen LogP contribution in [-0.2, 0) is 9.53 Å². The van der Waals surface area contributed by atoms with Gasteiger partial charge in [-0.05, 0) is 24.5 Å². The lowest BCUT2D eigenvalue weighted by atomic mass is 10.1. The minimum atomic E-state index is -0.505.